The Labute approximate surface area is 93.8 Å². The molecule has 6 nitrogen and oxygen atoms in total. The molecule has 0 fully saturated rings. The summed E-state index contributed by atoms with van der Waals surface area (Å²) < 4.78 is 19.0. The quantitative estimate of drug-likeness (QED) is 0.415. The van der Waals surface area contributed by atoms with Gasteiger partial charge in [0.15, 0.2) is 0 Å². The van der Waals surface area contributed by atoms with Crippen LogP contribution in [0.2, 0.25) is 0 Å². The van der Waals surface area contributed by atoms with Gasteiger partial charge in [-0.25, -0.2) is 4.79 Å². The molecule has 0 radical (unpaired) electrons. The summed E-state index contributed by atoms with van der Waals surface area (Å²) in [7, 11) is -0.332. The third-order valence-corrected chi connectivity index (χ3v) is 2.20. The van der Waals surface area contributed by atoms with Crippen molar-refractivity contribution in [1.29, 1.82) is 0 Å². The lowest BCUT2D eigenvalue weighted by molar-refractivity contribution is -0.169. The zero-order valence-electron chi connectivity index (χ0n) is 9.13. The van der Waals surface area contributed by atoms with Crippen molar-refractivity contribution in [3.63, 3.8) is 0 Å². The van der Waals surface area contributed by atoms with Crippen LogP contribution in [0, 0.1) is 0 Å². The monoisotopic (exact) mass is 260 g/mol. The summed E-state index contributed by atoms with van der Waals surface area (Å²) in [5.74, 6) is -0.850. The average molecular weight is 260 g/mol. The smallest absolute Gasteiger partial charge is 0.363 e. The maximum absolute atomic E-state index is 10.9. The molecule has 0 bridgehead atoms. The van der Waals surface area contributed by atoms with Crippen LogP contribution in [-0.2, 0) is 23.1 Å². The third kappa shape index (κ3) is 8.03. The minimum Gasteiger partial charge on any atom is -0.462 e. The van der Waals surface area contributed by atoms with Crippen LogP contribution in [0.4, 0.5) is 0 Å². The summed E-state index contributed by atoms with van der Waals surface area (Å²) in [5.41, 5.74) is 0. The van der Waals surface area contributed by atoms with Gasteiger partial charge in [0, 0.05) is 7.11 Å². The Hall–Kier alpha value is 0.170. The van der Waals surface area contributed by atoms with Crippen molar-refractivity contribution in [2.75, 3.05) is 20.3 Å². The molecular formula is C7H18O6P2. The van der Waals surface area contributed by atoms with E-state index in [1.807, 2.05) is 0 Å². The largest absolute Gasteiger partial charge is 0.462 e. The van der Waals surface area contributed by atoms with Gasteiger partial charge in [0.1, 0.15) is 0 Å². The van der Waals surface area contributed by atoms with Crippen LogP contribution < -0.4 is 0 Å². The molecule has 0 saturated carbocycles. The number of aliphatic hydroxyl groups excluding tert-OH is 1. The van der Waals surface area contributed by atoms with Crippen molar-refractivity contribution < 1.29 is 28.2 Å². The van der Waals surface area contributed by atoms with E-state index in [-0.39, 0.29) is 16.5 Å². The van der Waals surface area contributed by atoms with Crippen LogP contribution in [0.5, 0.6) is 0 Å². The molecule has 8 heteroatoms. The number of hydrogen-bond donors (Lipinski definition) is 1. The first-order chi connectivity index (χ1) is 6.65. The van der Waals surface area contributed by atoms with E-state index < -0.39 is 20.9 Å². The highest BCUT2D eigenvalue weighted by Gasteiger charge is 2.23. The summed E-state index contributed by atoms with van der Waals surface area (Å²) >= 11 is 0. The van der Waals surface area contributed by atoms with Gasteiger partial charge in [0.05, 0.1) is 13.2 Å². The molecule has 92 valence electrons. The fraction of sp³-hybridized carbons (Fsp3) is 0.857. The first kappa shape index (κ1) is 17.6. The third-order valence-electron chi connectivity index (χ3n) is 1.06. The van der Waals surface area contributed by atoms with E-state index in [1.54, 1.807) is 13.8 Å². The van der Waals surface area contributed by atoms with E-state index >= 15 is 0 Å². The molecule has 0 aliphatic carbocycles. The number of rotatable bonds is 7. The molecule has 0 aliphatic rings. The second-order valence-corrected chi connectivity index (χ2v) is 3.32. The number of carbonyl (C=O) groups is 1. The molecule has 15 heavy (non-hydrogen) atoms. The maximum Gasteiger partial charge on any atom is 0.363 e. The number of aliphatic hydroxyl groups is 1. The van der Waals surface area contributed by atoms with E-state index in [1.165, 1.54) is 7.11 Å². The Morgan fingerprint density at radius 1 is 1.40 bits per heavy atom. The van der Waals surface area contributed by atoms with Gasteiger partial charge in [-0.3, -0.25) is 4.52 Å². The van der Waals surface area contributed by atoms with Gasteiger partial charge in [0.25, 0.3) is 6.29 Å². The highest BCUT2D eigenvalue weighted by atomic mass is 31.2. The van der Waals surface area contributed by atoms with Crippen LogP contribution in [-0.4, -0.2) is 37.7 Å². The first-order valence-corrected chi connectivity index (χ1v) is 5.23. The van der Waals surface area contributed by atoms with Gasteiger partial charge in [0.2, 0.25) is 0 Å². The molecule has 0 heterocycles. The predicted octanol–water partition coefficient (Wildman–Crippen LogP) is 0.852. The van der Waals surface area contributed by atoms with Gasteiger partial charge in [-0.2, -0.15) is 9.90 Å². The molecule has 0 rings (SSSR count). The fourth-order valence-electron chi connectivity index (χ4n) is 0.570. The minimum absolute atomic E-state index is 0. The lowest BCUT2D eigenvalue weighted by atomic mass is 10.6. The zero-order valence-corrected chi connectivity index (χ0v) is 11.4. The predicted molar refractivity (Wildman–Crippen MR) is 60.4 cm³/mol. The minimum atomic E-state index is -1.69. The lowest BCUT2D eigenvalue weighted by Crippen LogP contribution is -2.24. The lowest BCUT2D eigenvalue weighted by Gasteiger charge is -2.16. The summed E-state index contributed by atoms with van der Waals surface area (Å²) in [5, 5.41) is 9.14. The van der Waals surface area contributed by atoms with Gasteiger partial charge in [-0.05, 0) is 13.8 Å². The molecule has 0 saturated heterocycles. The molecular weight excluding hydrogens is 242 g/mol. The number of esters is 1. The van der Waals surface area contributed by atoms with Crippen molar-refractivity contribution in [2.45, 2.75) is 20.1 Å². The van der Waals surface area contributed by atoms with Gasteiger partial charge in [-0.15, -0.1) is 0 Å². The van der Waals surface area contributed by atoms with Crippen molar-refractivity contribution >= 4 is 24.5 Å². The molecule has 0 aromatic heterocycles. The molecule has 0 amide bonds. The normalized spacial score (nSPS) is 13.9. The van der Waals surface area contributed by atoms with E-state index in [4.69, 9.17) is 18.7 Å². The van der Waals surface area contributed by atoms with Crippen LogP contribution in [0.1, 0.15) is 13.8 Å². The van der Waals surface area contributed by atoms with Crippen molar-refractivity contribution in [2.24, 2.45) is 0 Å². The highest BCUT2D eigenvalue weighted by Crippen LogP contribution is 2.39. The second-order valence-electron chi connectivity index (χ2n) is 2.03. The van der Waals surface area contributed by atoms with Gasteiger partial charge in [-0.1, -0.05) is 0 Å². The molecule has 0 aliphatic heterocycles. The molecule has 0 spiro atoms. The molecule has 0 aromatic rings. The fourth-order valence-corrected chi connectivity index (χ4v) is 1.28. The van der Waals surface area contributed by atoms with Crippen LogP contribution in [0.25, 0.3) is 0 Å². The maximum atomic E-state index is 10.9. The Morgan fingerprint density at radius 3 is 2.40 bits per heavy atom. The highest BCUT2D eigenvalue weighted by molar-refractivity contribution is 7.41. The van der Waals surface area contributed by atoms with Gasteiger partial charge >= 0.3 is 14.6 Å². The second kappa shape index (κ2) is 10.7. The van der Waals surface area contributed by atoms with Crippen LogP contribution in [0.3, 0.4) is 0 Å². The summed E-state index contributed by atoms with van der Waals surface area (Å²) in [6, 6.07) is 0. The van der Waals surface area contributed by atoms with E-state index in [9.17, 15) is 4.79 Å². The standard InChI is InChI=1S/C7H15O6P.H3P/c1-4-11-6(8)7(9)13-14(10-3)12-5-2;/h7,9H,4-5H2,1-3H3;1H3. The van der Waals surface area contributed by atoms with Gasteiger partial charge < -0.3 is 18.9 Å². The van der Waals surface area contributed by atoms with Crippen molar-refractivity contribution in [3.8, 4) is 0 Å². The zero-order chi connectivity index (χ0) is 11.0. The summed E-state index contributed by atoms with van der Waals surface area (Å²) in [4.78, 5) is 10.9. The molecule has 3 atom stereocenters. The van der Waals surface area contributed by atoms with Crippen molar-refractivity contribution in [3.05, 3.63) is 0 Å². The molecule has 3 unspecified atom stereocenters. The SMILES string of the molecule is CCOC(=O)C(O)OP(OC)OCC.P. The first-order valence-electron chi connectivity index (χ1n) is 4.14. The van der Waals surface area contributed by atoms with Crippen molar-refractivity contribution in [1.82, 2.24) is 0 Å². The number of carbonyl (C=O) groups excluding carboxylic acids is 1. The molecule has 1 N–H and O–H groups in total. The Bertz CT molecular complexity index is 168. The van der Waals surface area contributed by atoms with Crippen LogP contribution in [0.15, 0.2) is 0 Å². The van der Waals surface area contributed by atoms with Crippen LogP contribution >= 0.6 is 18.5 Å². The van der Waals surface area contributed by atoms with E-state index in [0.29, 0.717) is 6.61 Å². The molecule has 0 aromatic carbocycles. The number of ether oxygens (including phenoxy) is 1. The van der Waals surface area contributed by atoms with E-state index in [2.05, 4.69) is 4.74 Å². The summed E-state index contributed by atoms with van der Waals surface area (Å²) in [6.45, 7) is 3.93. The topological polar surface area (TPSA) is 74.2 Å². The Kier molecular flexibility index (Phi) is 12.5. The average Bonchev–Trinajstić information content (AvgIpc) is 2.17. The van der Waals surface area contributed by atoms with E-state index in [0.717, 1.165) is 0 Å². The summed E-state index contributed by atoms with van der Waals surface area (Å²) in [6.07, 6.45) is -1.66. The Balaban J connectivity index is 0. The Morgan fingerprint density at radius 2 is 2.00 bits per heavy atom. The number of hydrogen-bond acceptors (Lipinski definition) is 6.